The predicted octanol–water partition coefficient (Wildman–Crippen LogP) is 6.43. The number of nitrogens with zero attached hydrogens (tertiary/aromatic N) is 1. The summed E-state index contributed by atoms with van der Waals surface area (Å²) in [5, 5.41) is 20.5. The first kappa shape index (κ1) is 29.2. The van der Waals surface area contributed by atoms with Crippen molar-refractivity contribution < 1.29 is 37.4 Å². The Kier molecular flexibility index (Phi) is 8.09. The second-order valence-electron chi connectivity index (χ2n) is 9.77. The predicted molar refractivity (Wildman–Crippen MR) is 147 cm³/mol. The lowest BCUT2D eigenvalue weighted by Gasteiger charge is -2.21. The summed E-state index contributed by atoms with van der Waals surface area (Å²) in [6.45, 7) is 7.36. The zero-order valence-electron chi connectivity index (χ0n) is 22.4. The summed E-state index contributed by atoms with van der Waals surface area (Å²) in [7, 11) is 0. The molecule has 1 unspecified atom stereocenters. The highest BCUT2D eigenvalue weighted by Gasteiger charge is 2.38. The number of para-hydroxylation sites is 1. The molecule has 3 aromatic carbocycles. The second kappa shape index (κ2) is 11.4. The summed E-state index contributed by atoms with van der Waals surface area (Å²) in [6.07, 6.45) is -5.08. The van der Waals surface area contributed by atoms with E-state index >= 15 is 0 Å². The van der Waals surface area contributed by atoms with Gasteiger partial charge in [-0.05, 0) is 61.2 Å². The van der Waals surface area contributed by atoms with E-state index in [0.29, 0.717) is 35.6 Å². The number of benzene rings is 3. The van der Waals surface area contributed by atoms with E-state index in [9.17, 15) is 27.9 Å². The molecule has 0 fully saturated rings. The topological polar surface area (TPSA) is 120 Å². The minimum atomic E-state index is -5.08. The van der Waals surface area contributed by atoms with Crippen molar-refractivity contribution in [2.45, 2.75) is 46.1 Å². The largest absolute Gasteiger partial charge is 0.490 e. The number of aromatic carboxylic acids is 1. The number of halogens is 3. The number of aryl methyl sites for hydroxylation is 2. The molecule has 8 nitrogen and oxygen atoms in total. The quantitative estimate of drug-likeness (QED) is 0.252. The summed E-state index contributed by atoms with van der Waals surface area (Å²) in [5.74, 6) is -3.22. The molecule has 41 heavy (non-hydrogen) atoms. The Bertz CT molecular complexity index is 1700. The molecule has 1 aliphatic heterocycles. The number of anilines is 2. The average molecular weight is 569 g/mol. The van der Waals surface area contributed by atoms with Gasteiger partial charge in [0.1, 0.15) is 5.58 Å². The molecule has 0 saturated heterocycles. The lowest BCUT2D eigenvalue weighted by atomic mass is 10.0. The fourth-order valence-electron chi connectivity index (χ4n) is 4.75. The van der Waals surface area contributed by atoms with Crippen LogP contribution in [0.4, 0.5) is 24.7 Å². The monoisotopic (exact) mass is 568 g/mol. The van der Waals surface area contributed by atoms with Crippen LogP contribution in [0.15, 0.2) is 69.9 Å². The number of hydrogen-bond acceptors (Lipinski definition) is 6. The number of aliphatic carboxylic acids is 1. The Hall–Kier alpha value is -4.80. The molecule has 0 radical (unpaired) electrons. The summed E-state index contributed by atoms with van der Waals surface area (Å²) in [5.41, 5.74) is 6.63. The van der Waals surface area contributed by atoms with E-state index in [1.54, 1.807) is 30.3 Å². The van der Waals surface area contributed by atoms with Crippen LogP contribution < -0.4 is 15.6 Å². The highest BCUT2D eigenvalue weighted by molar-refractivity contribution is 5.94. The third-order valence-corrected chi connectivity index (χ3v) is 6.76. The van der Waals surface area contributed by atoms with Crippen LogP contribution in [0.1, 0.15) is 51.1 Å². The van der Waals surface area contributed by atoms with Gasteiger partial charge in [0.15, 0.2) is 5.43 Å². The van der Waals surface area contributed by atoms with Gasteiger partial charge in [-0.25, -0.2) is 9.59 Å². The Morgan fingerprint density at radius 3 is 2.32 bits per heavy atom. The van der Waals surface area contributed by atoms with Gasteiger partial charge in [-0.15, -0.1) is 0 Å². The van der Waals surface area contributed by atoms with Crippen molar-refractivity contribution in [3.8, 4) is 0 Å². The maximum Gasteiger partial charge on any atom is 0.490 e. The van der Waals surface area contributed by atoms with Gasteiger partial charge in [-0.2, -0.15) is 13.2 Å². The van der Waals surface area contributed by atoms with Crippen molar-refractivity contribution in [1.29, 1.82) is 0 Å². The molecule has 1 atom stereocenters. The molecule has 0 spiro atoms. The number of rotatable bonds is 5. The second-order valence-corrected chi connectivity index (χ2v) is 9.77. The first-order valence-corrected chi connectivity index (χ1v) is 12.6. The van der Waals surface area contributed by atoms with Crippen molar-refractivity contribution in [3.63, 3.8) is 0 Å². The fourth-order valence-corrected chi connectivity index (χ4v) is 4.75. The summed E-state index contributed by atoms with van der Waals surface area (Å²) in [4.78, 5) is 35.8. The van der Waals surface area contributed by atoms with Gasteiger partial charge >= 0.3 is 18.1 Å². The lowest BCUT2D eigenvalue weighted by Crippen LogP contribution is -2.21. The van der Waals surface area contributed by atoms with Crippen LogP contribution in [-0.2, 0) is 17.9 Å². The van der Waals surface area contributed by atoms with E-state index in [2.05, 4.69) is 35.3 Å². The van der Waals surface area contributed by atoms with E-state index in [-0.39, 0.29) is 17.0 Å². The van der Waals surface area contributed by atoms with E-state index in [4.69, 9.17) is 14.3 Å². The number of carboxylic acid groups (broad SMARTS) is 2. The minimum absolute atomic E-state index is 0.0907. The van der Waals surface area contributed by atoms with Gasteiger partial charge in [0, 0.05) is 30.4 Å². The zero-order chi connectivity index (χ0) is 30.1. The Labute approximate surface area is 232 Å². The van der Waals surface area contributed by atoms with Gasteiger partial charge in [-0.3, -0.25) is 4.79 Å². The Morgan fingerprint density at radius 1 is 1.00 bits per heavy atom. The molecule has 0 amide bonds. The van der Waals surface area contributed by atoms with Crippen LogP contribution in [0, 0.1) is 13.8 Å². The van der Waals surface area contributed by atoms with Crippen molar-refractivity contribution in [1.82, 2.24) is 0 Å². The number of hydrogen-bond donors (Lipinski definition) is 3. The smallest absolute Gasteiger partial charge is 0.478 e. The maximum atomic E-state index is 13.1. The average Bonchev–Trinajstić information content (AvgIpc) is 3.34. The fraction of sp³-hybridized carbons (Fsp3) is 0.233. The zero-order valence-corrected chi connectivity index (χ0v) is 22.4. The molecule has 11 heteroatoms. The van der Waals surface area contributed by atoms with Crippen LogP contribution in [0.25, 0.3) is 11.0 Å². The molecule has 0 bridgehead atoms. The number of nitrogens with one attached hydrogen (secondary N) is 1. The molecule has 1 aliphatic rings. The molecule has 2 heterocycles. The maximum absolute atomic E-state index is 13.1. The molecule has 0 saturated carbocycles. The first-order chi connectivity index (χ1) is 19.3. The molecule has 0 aliphatic carbocycles. The van der Waals surface area contributed by atoms with E-state index in [1.165, 1.54) is 16.7 Å². The number of fused-ring (bicyclic) bond motifs is 2. The van der Waals surface area contributed by atoms with Crippen molar-refractivity contribution >= 4 is 34.5 Å². The minimum Gasteiger partial charge on any atom is -0.478 e. The van der Waals surface area contributed by atoms with E-state index in [0.717, 1.165) is 11.1 Å². The van der Waals surface area contributed by atoms with Crippen LogP contribution in [0.5, 0.6) is 0 Å². The molecule has 1 aromatic heterocycles. The molecule has 4 aromatic rings. The van der Waals surface area contributed by atoms with E-state index in [1.807, 2.05) is 26.0 Å². The summed E-state index contributed by atoms with van der Waals surface area (Å²) >= 11 is 0. The molecular weight excluding hydrogens is 541 g/mol. The number of alkyl halides is 3. The van der Waals surface area contributed by atoms with Crippen LogP contribution in [0.2, 0.25) is 0 Å². The van der Waals surface area contributed by atoms with Crippen molar-refractivity contribution in [2.75, 3.05) is 10.2 Å². The molecule has 5 rings (SSSR count). The van der Waals surface area contributed by atoms with Crippen LogP contribution in [0.3, 0.4) is 0 Å². The molecule has 3 N–H and O–H groups in total. The summed E-state index contributed by atoms with van der Waals surface area (Å²) < 4.78 is 38.1. The normalized spacial score (nSPS) is 13.3. The van der Waals surface area contributed by atoms with Crippen molar-refractivity contribution in [2.24, 2.45) is 0 Å². The highest BCUT2D eigenvalue weighted by Crippen LogP contribution is 2.34. The molecular formula is C30H27F3N2O6. The summed E-state index contributed by atoms with van der Waals surface area (Å²) in [6, 6.07) is 18.2. The van der Waals surface area contributed by atoms with Crippen molar-refractivity contribution in [3.05, 3.63) is 104 Å². The van der Waals surface area contributed by atoms with Gasteiger partial charge in [-0.1, -0.05) is 36.4 Å². The van der Waals surface area contributed by atoms with Crippen LogP contribution in [-0.4, -0.2) is 28.3 Å². The van der Waals surface area contributed by atoms with Gasteiger partial charge < -0.3 is 24.8 Å². The standard InChI is InChI=1S/C28H26N2O4.C2HF3O2/c1-16-11-21(18(3)29-24-10-5-4-9-20(24)28(32)33)27-22(12-16)25(31)13-26(34-27)30-14-19-8-6-7-17(2)23(19)15-30;3-2(4,5)1(6)7/h4-13,18,29H,14-15H2,1-3H3,(H,32,33);(H,6,7). The van der Waals surface area contributed by atoms with E-state index < -0.39 is 18.1 Å². The third kappa shape index (κ3) is 6.34. The number of carboxylic acids is 2. The first-order valence-electron chi connectivity index (χ1n) is 12.6. The number of carbonyl (C=O) groups is 2. The Balaban J connectivity index is 0.000000493. The highest BCUT2D eigenvalue weighted by atomic mass is 19.4. The lowest BCUT2D eigenvalue weighted by molar-refractivity contribution is -0.192. The van der Waals surface area contributed by atoms with Gasteiger partial charge in [0.25, 0.3) is 0 Å². The van der Waals surface area contributed by atoms with Gasteiger partial charge in [0.05, 0.1) is 17.0 Å². The van der Waals surface area contributed by atoms with Gasteiger partial charge in [0.2, 0.25) is 5.88 Å². The SMILES string of the molecule is Cc1cc(C(C)Nc2ccccc2C(=O)O)c2oc(N3Cc4cccc(C)c4C3)cc(=O)c2c1.O=C(O)C(F)(F)F. The Morgan fingerprint density at radius 2 is 1.68 bits per heavy atom. The molecule has 214 valence electrons. The third-order valence-electron chi connectivity index (χ3n) is 6.76. The van der Waals surface area contributed by atoms with Crippen LogP contribution >= 0.6 is 0 Å².